The van der Waals surface area contributed by atoms with Crippen LogP contribution in [0.2, 0.25) is 0 Å². The van der Waals surface area contributed by atoms with Gasteiger partial charge in [0, 0.05) is 0 Å². The summed E-state index contributed by atoms with van der Waals surface area (Å²) in [5.41, 5.74) is -0.884. The number of alkyl halides is 3. The predicted octanol–water partition coefficient (Wildman–Crippen LogP) is 5.46. The summed E-state index contributed by atoms with van der Waals surface area (Å²) in [5, 5.41) is 2.31. The molecule has 0 aliphatic rings. The number of halogens is 3. The van der Waals surface area contributed by atoms with Crippen LogP contribution in [-0.4, -0.2) is 25.8 Å². The van der Waals surface area contributed by atoms with Crippen molar-refractivity contribution in [2.45, 2.75) is 25.9 Å². The molecular weight excluding hydrogens is 371 g/mol. The lowest BCUT2D eigenvalue weighted by molar-refractivity contribution is -0.126. The van der Waals surface area contributed by atoms with Crippen LogP contribution in [0.5, 0.6) is 11.5 Å². The molecule has 0 aliphatic heterocycles. The molecule has 150 valence electrons. The highest BCUT2D eigenvalue weighted by molar-refractivity contribution is 6.08. The summed E-state index contributed by atoms with van der Waals surface area (Å²) in [6.45, 7) is 2.41. The first kappa shape index (κ1) is 21.3. The quantitative estimate of drug-likeness (QED) is 0.479. The van der Waals surface area contributed by atoms with Gasteiger partial charge in [0.1, 0.15) is 17.1 Å². The van der Waals surface area contributed by atoms with Gasteiger partial charge in [0.25, 0.3) is 5.91 Å². The molecule has 1 amide bonds. The van der Waals surface area contributed by atoms with E-state index in [1.165, 1.54) is 37.4 Å². The van der Waals surface area contributed by atoms with Gasteiger partial charge >= 0.3 is 6.18 Å². The van der Waals surface area contributed by atoms with Crippen LogP contribution in [-0.2, 0) is 4.79 Å². The predicted molar refractivity (Wildman–Crippen MR) is 103 cm³/mol. The van der Waals surface area contributed by atoms with Gasteiger partial charge in [0.2, 0.25) is 0 Å². The summed E-state index contributed by atoms with van der Waals surface area (Å²) in [6, 6.07) is 12.3. The summed E-state index contributed by atoms with van der Waals surface area (Å²) in [5.74, 6) is -0.418. The third kappa shape index (κ3) is 6.04. The minimum atomic E-state index is -4.82. The van der Waals surface area contributed by atoms with Crippen molar-refractivity contribution in [1.82, 2.24) is 0 Å². The van der Waals surface area contributed by atoms with Crippen LogP contribution in [0.25, 0.3) is 6.08 Å². The zero-order chi connectivity index (χ0) is 20.6. The number of rotatable bonds is 8. The summed E-state index contributed by atoms with van der Waals surface area (Å²) in [4.78, 5) is 12.4. The lowest BCUT2D eigenvalue weighted by Crippen LogP contribution is -2.25. The summed E-state index contributed by atoms with van der Waals surface area (Å²) in [7, 11) is 1.46. The topological polar surface area (TPSA) is 47.6 Å². The third-order valence-electron chi connectivity index (χ3n) is 3.87. The molecule has 7 heteroatoms. The highest BCUT2D eigenvalue weighted by atomic mass is 19.4. The Bertz CT molecular complexity index is 814. The Balaban J connectivity index is 2.26. The first-order valence-electron chi connectivity index (χ1n) is 8.81. The highest BCUT2D eigenvalue weighted by Gasteiger charge is 2.38. The second kappa shape index (κ2) is 9.82. The van der Waals surface area contributed by atoms with Crippen molar-refractivity contribution in [1.29, 1.82) is 0 Å². The van der Waals surface area contributed by atoms with Crippen molar-refractivity contribution in [3.63, 3.8) is 0 Å². The normalized spacial score (nSPS) is 11.8. The molecule has 4 nitrogen and oxygen atoms in total. The molecule has 0 saturated heterocycles. The molecule has 2 rings (SSSR count). The summed E-state index contributed by atoms with van der Waals surface area (Å²) < 4.78 is 50.9. The van der Waals surface area contributed by atoms with Crippen molar-refractivity contribution in [2.24, 2.45) is 0 Å². The molecule has 0 heterocycles. The molecule has 0 bridgehead atoms. The van der Waals surface area contributed by atoms with Gasteiger partial charge in [-0.2, -0.15) is 13.2 Å². The lowest BCUT2D eigenvalue weighted by Gasteiger charge is -2.15. The van der Waals surface area contributed by atoms with E-state index in [-0.39, 0.29) is 11.3 Å². The van der Waals surface area contributed by atoms with E-state index in [1.807, 2.05) is 6.92 Å². The number of hydrogen-bond acceptors (Lipinski definition) is 3. The smallest absolute Gasteiger partial charge is 0.421 e. The van der Waals surface area contributed by atoms with Gasteiger partial charge in [-0.15, -0.1) is 0 Å². The van der Waals surface area contributed by atoms with Gasteiger partial charge < -0.3 is 14.8 Å². The van der Waals surface area contributed by atoms with Crippen molar-refractivity contribution >= 4 is 17.7 Å². The number of amides is 1. The Morgan fingerprint density at radius 2 is 1.79 bits per heavy atom. The Labute approximate surface area is 162 Å². The zero-order valence-corrected chi connectivity index (χ0v) is 15.7. The molecule has 0 unspecified atom stereocenters. The number of nitrogens with one attached hydrogen (secondary N) is 1. The molecular formula is C21H22F3NO3. The molecule has 0 fully saturated rings. The van der Waals surface area contributed by atoms with Crippen LogP contribution in [0.4, 0.5) is 18.9 Å². The van der Waals surface area contributed by atoms with Crippen LogP contribution in [0.1, 0.15) is 25.3 Å². The maximum absolute atomic E-state index is 13.5. The van der Waals surface area contributed by atoms with E-state index in [1.54, 1.807) is 18.2 Å². The largest absolute Gasteiger partial charge is 0.497 e. The molecule has 0 aliphatic carbocycles. The second-order valence-electron chi connectivity index (χ2n) is 5.98. The van der Waals surface area contributed by atoms with Crippen LogP contribution >= 0.6 is 0 Å². The van der Waals surface area contributed by atoms with E-state index in [0.29, 0.717) is 18.1 Å². The number of hydrogen-bond donors (Lipinski definition) is 1. The van der Waals surface area contributed by atoms with E-state index < -0.39 is 17.7 Å². The summed E-state index contributed by atoms with van der Waals surface area (Å²) >= 11 is 0. The number of para-hydroxylation sites is 2. The van der Waals surface area contributed by atoms with E-state index in [9.17, 15) is 18.0 Å². The molecule has 28 heavy (non-hydrogen) atoms. The van der Waals surface area contributed by atoms with Gasteiger partial charge in [0.15, 0.2) is 0 Å². The van der Waals surface area contributed by atoms with Crippen LogP contribution in [0, 0.1) is 0 Å². The Kier molecular flexibility index (Phi) is 7.49. The number of carbonyl (C=O) groups excluding carboxylic acids is 1. The SMILES string of the molecule is CCCCOc1ccccc1NC(=O)/C(=C/c1ccc(OC)cc1)C(F)(F)F. The van der Waals surface area contributed by atoms with E-state index in [2.05, 4.69) is 5.32 Å². The van der Waals surface area contributed by atoms with Crippen molar-refractivity contribution in [2.75, 3.05) is 19.0 Å². The fraction of sp³-hybridized carbons (Fsp3) is 0.286. The molecule has 0 aromatic heterocycles. The first-order chi connectivity index (χ1) is 13.3. The highest BCUT2D eigenvalue weighted by Crippen LogP contribution is 2.31. The molecule has 2 aromatic rings. The van der Waals surface area contributed by atoms with E-state index in [4.69, 9.17) is 9.47 Å². The number of benzene rings is 2. The number of ether oxygens (including phenoxy) is 2. The monoisotopic (exact) mass is 393 g/mol. The zero-order valence-electron chi connectivity index (χ0n) is 15.7. The fourth-order valence-corrected chi connectivity index (χ4v) is 2.35. The van der Waals surface area contributed by atoms with Gasteiger partial charge in [0.05, 0.1) is 19.4 Å². The standard InChI is InChI=1S/C21H22F3NO3/c1-3-4-13-28-19-8-6-5-7-18(19)25-20(26)17(21(22,23)24)14-15-9-11-16(27-2)12-10-15/h5-12,14H,3-4,13H2,1-2H3,(H,25,26)/b17-14-. The molecule has 0 spiro atoms. The maximum atomic E-state index is 13.5. The van der Waals surface area contributed by atoms with Gasteiger partial charge in [-0.3, -0.25) is 4.79 Å². The van der Waals surface area contributed by atoms with Crippen LogP contribution in [0.3, 0.4) is 0 Å². The molecule has 2 aromatic carbocycles. The minimum absolute atomic E-state index is 0.188. The van der Waals surface area contributed by atoms with Crippen molar-refractivity contribution in [3.05, 3.63) is 59.7 Å². The number of anilines is 1. The summed E-state index contributed by atoms with van der Waals surface area (Å²) in [6.07, 6.45) is -2.30. The second-order valence-corrected chi connectivity index (χ2v) is 5.98. The van der Waals surface area contributed by atoms with Crippen LogP contribution < -0.4 is 14.8 Å². The Hall–Kier alpha value is -2.96. The van der Waals surface area contributed by atoms with Crippen molar-refractivity contribution < 1.29 is 27.4 Å². The van der Waals surface area contributed by atoms with Crippen LogP contribution in [0.15, 0.2) is 54.1 Å². The lowest BCUT2D eigenvalue weighted by atomic mass is 10.1. The Morgan fingerprint density at radius 1 is 1.11 bits per heavy atom. The maximum Gasteiger partial charge on any atom is 0.421 e. The van der Waals surface area contributed by atoms with Gasteiger partial charge in [-0.1, -0.05) is 37.6 Å². The van der Waals surface area contributed by atoms with Gasteiger partial charge in [-0.05, 0) is 42.3 Å². The molecule has 0 saturated carbocycles. The fourth-order valence-electron chi connectivity index (χ4n) is 2.35. The number of unbranched alkanes of at least 4 members (excludes halogenated alkanes) is 1. The first-order valence-corrected chi connectivity index (χ1v) is 8.81. The Morgan fingerprint density at radius 3 is 2.39 bits per heavy atom. The average molecular weight is 393 g/mol. The molecule has 0 radical (unpaired) electrons. The third-order valence-corrected chi connectivity index (χ3v) is 3.87. The van der Waals surface area contributed by atoms with Crippen molar-refractivity contribution in [3.8, 4) is 11.5 Å². The number of carbonyl (C=O) groups is 1. The van der Waals surface area contributed by atoms with E-state index >= 15 is 0 Å². The average Bonchev–Trinajstić information content (AvgIpc) is 2.67. The van der Waals surface area contributed by atoms with E-state index in [0.717, 1.165) is 18.9 Å². The minimum Gasteiger partial charge on any atom is -0.497 e. The van der Waals surface area contributed by atoms with Gasteiger partial charge in [-0.25, -0.2) is 0 Å². The molecule has 0 atom stereocenters. The molecule has 1 N–H and O–H groups in total. The number of methoxy groups -OCH3 is 1.